The second-order valence-electron chi connectivity index (χ2n) is 9.79. The van der Waals surface area contributed by atoms with Gasteiger partial charge in [0.1, 0.15) is 5.82 Å². The fourth-order valence-corrected chi connectivity index (χ4v) is 4.70. The average molecular weight is 521 g/mol. The smallest absolute Gasteiger partial charge is 0.319 e. The molecule has 0 aromatic heterocycles. The van der Waals surface area contributed by atoms with Crippen molar-refractivity contribution in [3.8, 4) is 0 Å². The largest absolute Gasteiger partial charge is 0.349 e. The zero-order valence-electron chi connectivity index (χ0n) is 19.8. The van der Waals surface area contributed by atoms with Gasteiger partial charge in [-0.1, -0.05) is 35.3 Å². The minimum absolute atomic E-state index is 0.0580. The molecule has 2 aromatic rings. The summed E-state index contributed by atoms with van der Waals surface area (Å²) in [4.78, 5) is 27.3. The summed E-state index contributed by atoms with van der Waals surface area (Å²) in [5.41, 5.74) is 1.04. The molecule has 35 heavy (non-hydrogen) atoms. The fourth-order valence-electron chi connectivity index (χ4n) is 4.40. The van der Waals surface area contributed by atoms with Crippen LogP contribution in [-0.4, -0.2) is 42.0 Å². The van der Waals surface area contributed by atoms with Crippen molar-refractivity contribution in [2.24, 2.45) is 5.92 Å². The number of amides is 3. The first-order chi connectivity index (χ1) is 16.7. The Kier molecular flexibility index (Phi) is 8.19. The second-order valence-corrected chi connectivity index (χ2v) is 10.6. The van der Waals surface area contributed by atoms with Crippen LogP contribution >= 0.6 is 23.2 Å². The molecule has 3 N–H and O–H groups in total. The van der Waals surface area contributed by atoms with Crippen LogP contribution in [0, 0.1) is 11.7 Å². The third-order valence-electron chi connectivity index (χ3n) is 6.80. The first-order valence-corrected chi connectivity index (χ1v) is 12.8. The topological polar surface area (TPSA) is 73.5 Å². The Morgan fingerprint density at radius 2 is 1.86 bits per heavy atom. The first kappa shape index (κ1) is 25.7. The van der Waals surface area contributed by atoms with Gasteiger partial charge in [-0.2, -0.15) is 0 Å². The zero-order chi connectivity index (χ0) is 25.0. The van der Waals surface area contributed by atoms with E-state index in [4.69, 9.17) is 23.2 Å². The van der Waals surface area contributed by atoms with Crippen LogP contribution in [0.4, 0.5) is 14.9 Å². The quantitative estimate of drug-likeness (QED) is 0.413. The van der Waals surface area contributed by atoms with Gasteiger partial charge >= 0.3 is 6.03 Å². The summed E-state index contributed by atoms with van der Waals surface area (Å²) in [7, 11) is 0. The monoisotopic (exact) mass is 520 g/mol. The summed E-state index contributed by atoms with van der Waals surface area (Å²) >= 11 is 12.0. The lowest BCUT2D eigenvalue weighted by Gasteiger charge is -2.40. The summed E-state index contributed by atoms with van der Waals surface area (Å²) in [5, 5.41) is 9.84. The van der Waals surface area contributed by atoms with Gasteiger partial charge in [0.15, 0.2) is 0 Å². The minimum Gasteiger partial charge on any atom is -0.349 e. The van der Waals surface area contributed by atoms with Crippen molar-refractivity contribution in [3.05, 3.63) is 63.9 Å². The molecule has 1 aliphatic carbocycles. The molecule has 1 saturated carbocycles. The fraction of sp³-hybridized carbons (Fsp3) is 0.462. The lowest BCUT2D eigenvalue weighted by atomic mass is 9.89. The van der Waals surface area contributed by atoms with E-state index in [2.05, 4.69) is 20.9 Å². The molecule has 0 radical (unpaired) electrons. The van der Waals surface area contributed by atoms with Crippen LogP contribution in [0.25, 0.3) is 0 Å². The number of piperidine rings is 1. The summed E-state index contributed by atoms with van der Waals surface area (Å²) < 4.78 is 13.8. The number of hydrogen-bond acceptors (Lipinski definition) is 3. The van der Waals surface area contributed by atoms with E-state index in [0.717, 1.165) is 50.9 Å². The standard InChI is InChI=1S/C26H31Cl2FN4O2/c1-26(32-25(35)30-20-7-8-21(27)22(28)16-20)10-13-33(14-11-26)12-9-23(31-24(34)17-5-6-17)18-3-2-4-19(29)15-18/h2-4,7-8,15-17,23H,5-6,9-14H2,1H3,(H,31,34)(H2,30,32,35)/t23-/m0/s1. The summed E-state index contributed by atoms with van der Waals surface area (Å²) in [6.45, 7) is 4.45. The van der Waals surface area contributed by atoms with E-state index in [0.29, 0.717) is 22.2 Å². The molecule has 2 aliphatic rings. The first-order valence-electron chi connectivity index (χ1n) is 12.0. The van der Waals surface area contributed by atoms with Gasteiger partial charge in [-0.05, 0) is 74.9 Å². The number of nitrogens with zero attached hydrogens (tertiary/aromatic N) is 1. The number of urea groups is 1. The third-order valence-corrected chi connectivity index (χ3v) is 7.54. The van der Waals surface area contributed by atoms with Crippen LogP contribution in [0.1, 0.15) is 50.6 Å². The maximum Gasteiger partial charge on any atom is 0.319 e. The van der Waals surface area contributed by atoms with Gasteiger partial charge in [0.2, 0.25) is 5.91 Å². The molecule has 1 saturated heterocycles. The summed E-state index contributed by atoms with van der Waals surface area (Å²) in [6, 6.07) is 10.9. The molecule has 1 heterocycles. The Balaban J connectivity index is 1.27. The Labute approximate surface area is 215 Å². The Hall–Kier alpha value is -2.35. The third kappa shape index (κ3) is 7.32. The maximum absolute atomic E-state index is 13.8. The van der Waals surface area contributed by atoms with Crippen molar-refractivity contribution in [2.45, 2.75) is 50.6 Å². The zero-order valence-corrected chi connectivity index (χ0v) is 21.3. The summed E-state index contributed by atoms with van der Waals surface area (Å²) in [6.07, 6.45) is 4.14. The number of likely N-dealkylation sites (tertiary alicyclic amines) is 1. The van der Waals surface area contributed by atoms with E-state index in [1.807, 2.05) is 13.0 Å². The number of nitrogens with one attached hydrogen (secondary N) is 3. The number of hydrogen-bond donors (Lipinski definition) is 3. The number of carbonyl (C=O) groups is 2. The summed E-state index contributed by atoms with van der Waals surface area (Å²) in [5.74, 6) is -0.141. The van der Waals surface area contributed by atoms with E-state index in [1.54, 1.807) is 24.3 Å². The highest BCUT2D eigenvalue weighted by molar-refractivity contribution is 6.42. The van der Waals surface area contributed by atoms with Crippen LogP contribution in [-0.2, 0) is 4.79 Å². The molecule has 0 spiro atoms. The van der Waals surface area contributed by atoms with Gasteiger partial charge in [-0.15, -0.1) is 0 Å². The van der Waals surface area contributed by atoms with Crippen molar-refractivity contribution in [3.63, 3.8) is 0 Å². The van der Waals surface area contributed by atoms with Crippen LogP contribution in [0.5, 0.6) is 0 Å². The van der Waals surface area contributed by atoms with E-state index in [-0.39, 0.29) is 35.3 Å². The lowest BCUT2D eigenvalue weighted by Crippen LogP contribution is -2.54. The number of carbonyl (C=O) groups excluding carboxylic acids is 2. The molecule has 1 aliphatic heterocycles. The minimum atomic E-state index is -0.334. The second kappa shape index (κ2) is 11.1. The van der Waals surface area contributed by atoms with Gasteiger partial charge in [0, 0.05) is 36.8 Å². The van der Waals surface area contributed by atoms with Gasteiger partial charge < -0.3 is 20.9 Å². The van der Waals surface area contributed by atoms with Gasteiger partial charge in [0.05, 0.1) is 16.1 Å². The van der Waals surface area contributed by atoms with Crippen molar-refractivity contribution < 1.29 is 14.0 Å². The lowest BCUT2D eigenvalue weighted by molar-refractivity contribution is -0.123. The van der Waals surface area contributed by atoms with E-state index >= 15 is 0 Å². The molecule has 188 valence electrons. The highest BCUT2D eigenvalue weighted by Crippen LogP contribution is 2.31. The predicted octanol–water partition coefficient (Wildman–Crippen LogP) is 5.77. The number of halogens is 3. The van der Waals surface area contributed by atoms with E-state index in [9.17, 15) is 14.0 Å². The molecule has 3 amide bonds. The number of benzene rings is 2. The SMILES string of the molecule is CC1(NC(=O)Nc2ccc(Cl)c(Cl)c2)CCN(CC[C@H](NC(=O)C2CC2)c2cccc(F)c2)CC1. The normalized spacial score (nSPS) is 18.5. The average Bonchev–Trinajstić information content (AvgIpc) is 3.65. The molecule has 6 nitrogen and oxygen atoms in total. The maximum atomic E-state index is 13.8. The Bertz CT molecular complexity index is 1070. The Morgan fingerprint density at radius 3 is 2.51 bits per heavy atom. The molecule has 0 unspecified atom stereocenters. The molecule has 1 atom stereocenters. The highest BCUT2D eigenvalue weighted by Gasteiger charge is 2.33. The van der Waals surface area contributed by atoms with Crippen molar-refractivity contribution in [1.82, 2.24) is 15.5 Å². The van der Waals surface area contributed by atoms with Crippen LogP contribution in [0.15, 0.2) is 42.5 Å². The molecular weight excluding hydrogens is 490 g/mol. The van der Waals surface area contributed by atoms with Gasteiger partial charge in [-0.25, -0.2) is 9.18 Å². The number of rotatable bonds is 8. The van der Waals surface area contributed by atoms with Crippen molar-refractivity contribution in [1.29, 1.82) is 0 Å². The van der Waals surface area contributed by atoms with Crippen LogP contribution in [0.2, 0.25) is 10.0 Å². The number of anilines is 1. The van der Waals surface area contributed by atoms with E-state index in [1.165, 1.54) is 12.1 Å². The van der Waals surface area contributed by atoms with Crippen molar-refractivity contribution in [2.75, 3.05) is 25.0 Å². The predicted molar refractivity (Wildman–Crippen MR) is 137 cm³/mol. The van der Waals surface area contributed by atoms with E-state index < -0.39 is 0 Å². The van der Waals surface area contributed by atoms with Gasteiger partial charge in [-0.3, -0.25) is 4.79 Å². The molecular formula is C26H31Cl2FN4O2. The molecule has 4 rings (SSSR count). The molecule has 9 heteroatoms. The van der Waals surface area contributed by atoms with Crippen LogP contribution in [0.3, 0.4) is 0 Å². The van der Waals surface area contributed by atoms with Crippen molar-refractivity contribution >= 4 is 40.8 Å². The Morgan fingerprint density at radius 1 is 1.11 bits per heavy atom. The highest BCUT2D eigenvalue weighted by atomic mass is 35.5. The molecule has 2 aromatic carbocycles. The van der Waals surface area contributed by atoms with Gasteiger partial charge in [0.25, 0.3) is 0 Å². The van der Waals surface area contributed by atoms with Crippen LogP contribution < -0.4 is 16.0 Å². The molecule has 0 bridgehead atoms. The molecule has 2 fully saturated rings.